The molecule has 0 aromatic heterocycles. The van der Waals surface area contributed by atoms with Crippen molar-refractivity contribution in [2.45, 2.75) is 71.4 Å². The molecule has 0 rings (SSSR count). The summed E-state index contributed by atoms with van der Waals surface area (Å²) < 4.78 is 5.44. The van der Waals surface area contributed by atoms with Gasteiger partial charge < -0.3 is 25.4 Å². The minimum absolute atomic E-state index is 0.125. The Morgan fingerprint density at radius 1 is 0.952 bits per heavy atom. The Bertz CT molecular complexity index is 178. The highest BCUT2D eigenvalue weighted by Crippen LogP contribution is 2.04. The Kier molecular flexibility index (Phi) is 21.8. The van der Waals surface area contributed by atoms with Crippen molar-refractivity contribution in [2.24, 2.45) is 0 Å². The molecule has 0 aliphatic rings. The zero-order chi connectivity index (χ0) is 16.3. The second-order valence-corrected chi connectivity index (χ2v) is 5.51. The second kappa shape index (κ2) is 19.8. The van der Waals surface area contributed by atoms with Crippen LogP contribution in [0.1, 0.15) is 59.3 Å². The normalized spacial score (nSPS) is 12.1. The summed E-state index contributed by atoms with van der Waals surface area (Å²) in [6.07, 6.45) is 7.30. The molecule has 0 aromatic rings. The van der Waals surface area contributed by atoms with Crippen LogP contribution in [0.25, 0.3) is 0 Å². The van der Waals surface area contributed by atoms with Crippen molar-refractivity contribution in [3.63, 3.8) is 0 Å². The van der Waals surface area contributed by atoms with E-state index in [1.165, 1.54) is 32.1 Å². The van der Waals surface area contributed by atoms with Gasteiger partial charge in [-0.05, 0) is 6.42 Å². The molecule has 130 valence electrons. The molecule has 0 aliphatic carbocycles. The Labute approximate surface area is 130 Å². The lowest BCUT2D eigenvalue weighted by molar-refractivity contribution is 0.0346. The van der Waals surface area contributed by atoms with Crippen LogP contribution in [-0.2, 0) is 4.74 Å². The summed E-state index contributed by atoms with van der Waals surface area (Å²) in [5, 5.41) is 28.0. The molecule has 1 atom stereocenters. The molecule has 4 N–H and O–H groups in total. The molecule has 21 heavy (non-hydrogen) atoms. The van der Waals surface area contributed by atoms with Gasteiger partial charge in [-0.1, -0.05) is 52.9 Å². The minimum Gasteiger partial charge on any atom is -0.394 e. The van der Waals surface area contributed by atoms with Crippen molar-refractivity contribution in [1.29, 1.82) is 0 Å². The summed E-state index contributed by atoms with van der Waals surface area (Å²) in [4.78, 5) is 0. The van der Waals surface area contributed by atoms with Crippen molar-refractivity contribution in [2.75, 3.05) is 33.0 Å². The van der Waals surface area contributed by atoms with Gasteiger partial charge in [0.15, 0.2) is 0 Å². The van der Waals surface area contributed by atoms with Crippen molar-refractivity contribution < 1.29 is 20.1 Å². The predicted octanol–water partition coefficient (Wildman–Crippen LogP) is 1.69. The van der Waals surface area contributed by atoms with Gasteiger partial charge in [-0.3, -0.25) is 0 Å². The first-order chi connectivity index (χ1) is 10.1. The van der Waals surface area contributed by atoms with Crippen LogP contribution in [0.4, 0.5) is 0 Å². The SMILES string of the molecule is CCCCCCCCOCC(O)CNC(C)C.OCCO. The van der Waals surface area contributed by atoms with Gasteiger partial charge in [0.05, 0.1) is 25.9 Å². The molecular formula is C16H37NO4. The van der Waals surface area contributed by atoms with E-state index in [1.807, 2.05) is 0 Å². The van der Waals surface area contributed by atoms with E-state index in [-0.39, 0.29) is 19.3 Å². The van der Waals surface area contributed by atoms with Crippen molar-refractivity contribution in [3.05, 3.63) is 0 Å². The van der Waals surface area contributed by atoms with E-state index in [0.29, 0.717) is 19.2 Å². The van der Waals surface area contributed by atoms with Crippen LogP contribution in [0.15, 0.2) is 0 Å². The fraction of sp³-hybridized carbons (Fsp3) is 1.00. The van der Waals surface area contributed by atoms with E-state index in [1.54, 1.807) is 0 Å². The Morgan fingerprint density at radius 2 is 1.52 bits per heavy atom. The van der Waals surface area contributed by atoms with E-state index in [2.05, 4.69) is 26.1 Å². The van der Waals surface area contributed by atoms with Crippen LogP contribution >= 0.6 is 0 Å². The van der Waals surface area contributed by atoms with Crippen LogP contribution in [0, 0.1) is 0 Å². The number of hydrogen-bond donors (Lipinski definition) is 4. The lowest BCUT2D eigenvalue weighted by Gasteiger charge is -2.14. The summed E-state index contributed by atoms with van der Waals surface area (Å²) in [6, 6.07) is 0.420. The number of rotatable bonds is 13. The number of nitrogens with one attached hydrogen (secondary N) is 1. The molecule has 0 aliphatic heterocycles. The largest absolute Gasteiger partial charge is 0.394 e. The maximum absolute atomic E-state index is 9.58. The highest BCUT2D eigenvalue weighted by molar-refractivity contribution is 4.60. The maximum atomic E-state index is 9.58. The summed E-state index contributed by atoms with van der Waals surface area (Å²) in [5.41, 5.74) is 0. The lowest BCUT2D eigenvalue weighted by atomic mass is 10.1. The summed E-state index contributed by atoms with van der Waals surface area (Å²) >= 11 is 0. The molecule has 5 nitrogen and oxygen atoms in total. The van der Waals surface area contributed by atoms with Gasteiger partial charge in [0.25, 0.3) is 0 Å². The van der Waals surface area contributed by atoms with Gasteiger partial charge in [-0.25, -0.2) is 0 Å². The third-order valence-corrected chi connectivity index (χ3v) is 2.81. The fourth-order valence-corrected chi connectivity index (χ4v) is 1.63. The maximum Gasteiger partial charge on any atom is 0.0897 e. The highest BCUT2D eigenvalue weighted by atomic mass is 16.5. The molecule has 0 fully saturated rings. The molecule has 0 spiro atoms. The molecule has 0 amide bonds. The summed E-state index contributed by atoms with van der Waals surface area (Å²) in [7, 11) is 0. The lowest BCUT2D eigenvalue weighted by Crippen LogP contribution is -2.34. The minimum atomic E-state index is -0.377. The van der Waals surface area contributed by atoms with E-state index in [4.69, 9.17) is 14.9 Å². The second-order valence-electron chi connectivity index (χ2n) is 5.51. The summed E-state index contributed by atoms with van der Waals surface area (Å²) in [6.45, 7) is 7.98. The van der Waals surface area contributed by atoms with Gasteiger partial charge in [0.2, 0.25) is 0 Å². The van der Waals surface area contributed by atoms with Crippen LogP contribution in [0.5, 0.6) is 0 Å². The third-order valence-electron chi connectivity index (χ3n) is 2.81. The van der Waals surface area contributed by atoms with E-state index in [0.717, 1.165) is 13.0 Å². The number of unbranched alkanes of at least 4 members (excludes halogenated alkanes) is 5. The molecule has 0 bridgehead atoms. The van der Waals surface area contributed by atoms with Crippen LogP contribution in [0.3, 0.4) is 0 Å². The van der Waals surface area contributed by atoms with E-state index in [9.17, 15) is 5.11 Å². The number of aliphatic hydroxyl groups is 3. The molecule has 0 radical (unpaired) electrons. The first kappa shape index (κ1) is 23.1. The molecule has 0 saturated heterocycles. The topological polar surface area (TPSA) is 82.0 Å². The van der Waals surface area contributed by atoms with Gasteiger partial charge in [0, 0.05) is 19.2 Å². The van der Waals surface area contributed by atoms with Gasteiger partial charge in [-0.15, -0.1) is 0 Å². The molecule has 5 heteroatoms. The van der Waals surface area contributed by atoms with Gasteiger partial charge in [0.1, 0.15) is 0 Å². The Hall–Kier alpha value is -0.200. The highest BCUT2D eigenvalue weighted by Gasteiger charge is 2.04. The first-order valence-corrected chi connectivity index (χ1v) is 8.29. The van der Waals surface area contributed by atoms with Crippen molar-refractivity contribution in [3.8, 4) is 0 Å². The smallest absolute Gasteiger partial charge is 0.0897 e. The average molecular weight is 307 g/mol. The standard InChI is InChI=1S/C14H31NO2.C2H6O2/c1-4-5-6-7-8-9-10-17-12-14(16)11-15-13(2)3;3-1-2-4/h13-16H,4-12H2,1-3H3;3-4H,1-2H2. The zero-order valence-corrected chi connectivity index (χ0v) is 14.2. The van der Waals surface area contributed by atoms with Crippen LogP contribution in [-0.4, -0.2) is 60.4 Å². The zero-order valence-electron chi connectivity index (χ0n) is 14.2. The van der Waals surface area contributed by atoms with Crippen molar-refractivity contribution >= 4 is 0 Å². The molecule has 0 heterocycles. The fourth-order valence-electron chi connectivity index (χ4n) is 1.63. The Balaban J connectivity index is 0. The third kappa shape index (κ3) is 25.1. The van der Waals surface area contributed by atoms with E-state index < -0.39 is 0 Å². The number of ether oxygens (including phenoxy) is 1. The monoisotopic (exact) mass is 307 g/mol. The number of aliphatic hydroxyl groups excluding tert-OH is 3. The van der Waals surface area contributed by atoms with Crippen LogP contribution in [0.2, 0.25) is 0 Å². The quantitative estimate of drug-likeness (QED) is 0.389. The molecule has 0 saturated carbocycles. The average Bonchev–Trinajstić information content (AvgIpc) is 2.48. The first-order valence-electron chi connectivity index (χ1n) is 8.29. The van der Waals surface area contributed by atoms with Crippen molar-refractivity contribution in [1.82, 2.24) is 5.32 Å². The number of hydrogen-bond acceptors (Lipinski definition) is 5. The molecular weight excluding hydrogens is 270 g/mol. The van der Waals surface area contributed by atoms with Crippen LogP contribution < -0.4 is 5.32 Å². The predicted molar refractivity (Wildman–Crippen MR) is 87.5 cm³/mol. The van der Waals surface area contributed by atoms with E-state index >= 15 is 0 Å². The van der Waals surface area contributed by atoms with Gasteiger partial charge in [-0.2, -0.15) is 0 Å². The Morgan fingerprint density at radius 3 is 2.05 bits per heavy atom. The summed E-state index contributed by atoms with van der Waals surface area (Å²) in [5.74, 6) is 0. The molecule has 0 aromatic carbocycles. The van der Waals surface area contributed by atoms with Gasteiger partial charge >= 0.3 is 0 Å². The molecule has 1 unspecified atom stereocenters.